The van der Waals surface area contributed by atoms with Gasteiger partial charge in [0.1, 0.15) is 0 Å². The van der Waals surface area contributed by atoms with E-state index < -0.39 is 5.97 Å². The van der Waals surface area contributed by atoms with Crippen molar-refractivity contribution in [3.63, 3.8) is 0 Å². The Morgan fingerprint density at radius 2 is 2.08 bits per heavy atom. The highest BCUT2D eigenvalue weighted by molar-refractivity contribution is 5.67. The van der Waals surface area contributed by atoms with E-state index in [2.05, 4.69) is 13.8 Å². The first-order valence-electron chi connectivity index (χ1n) is 5.09. The lowest BCUT2D eigenvalue weighted by atomic mass is 9.90. The Balaban J connectivity index is 3.83. The van der Waals surface area contributed by atoms with Gasteiger partial charge in [-0.3, -0.25) is 4.79 Å². The summed E-state index contributed by atoms with van der Waals surface area (Å²) in [5.41, 5.74) is 5.79. The van der Waals surface area contributed by atoms with Crippen LogP contribution in [0.5, 0.6) is 0 Å². The van der Waals surface area contributed by atoms with Crippen molar-refractivity contribution in [2.75, 3.05) is 0 Å². The number of unbranched alkanes of at least 4 members (excludes halogenated alkanes) is 1. The SMILES string of the molecule is CCCC[C@H](CC)[C@H](N)CC(=O)O. The first-order valence-corrected chi connectivity index (χ1v) is 5.09. The molecule has 0 aromatic carbocycles. The van der Waals surface area contributed by atoms with Crippen molar-refractivity contribution in [3.8, 4) is 0 Å². The highest BCUT2D eigenvalue weighted by atomic mass is 16.4. The molecule has 3 N–H and O–H groups in total. The summed E-state index contributed by atoms with van der Waals surface area (Å²) in [6, 6.07) is -0.172. The van der Waals surface area contributed by atoms with Crippen LogP contribution in [-0.2, 0) is 4.79 Å². The Bertz CT molecular complexity index is 148. The van der Waals surface area contributed by atoms with Crippen LogP contribution in [-0.4, -0.2) is 17.1 Å². The molecule has 0 aliphatic carbocycles. The van der Waals surface area contributed by atoms with Gasteiger partial charge < -0.3 is 10.8 Å². The first kappa shape index (κ1) is 12.4. The molecule has 0 saturated heterocycles. The van der Waals surface area contributed by atoms with Gasteiger partial charge in [0.25, 0.3) is 0 Å². The summed E-state index contributed by atoms with van der Waals surface area (Å²) >= 11 is 0. The monoisotopic (exact) mass is 187 g/mol. The largest absolute Gasteiger partial charge is 0.481 e. The highest BCUT2D eigenvalue weighted by Crippen LogP contribution is 2.17. The predicted octanol–water partition coefficient (Wildman–Crippen LogP) is 2.00. The third-order valence-corrected chi connectivity index (χ3v) is 2.47. The van der Waals surface area contributed by atoms with Crippen LogP contribution >= 0.6 is 0 Å². The number of carbonyl (C=O) groups is 1. The number of nitrogens with two attached hydrogens (primary N) is 1. The van der Waals surface area contributed by atoms with Crippen LogP contribution in [0, 0.1) is 5.92 Å². The van der Waals surface area contributed by atoms with E-state index in [0.717, 1.165) is 25.7 Å². The van der Waals surface area contributed by atoms with Gasteiger partial charge in [-0.25, -0.2) is 0 Å². The molecule has 0 aromatic heterocycles. The summed E-state index contributed by atoms with van der Waals surface area (Å²) in [4.78, 5) is 10.4. The van der Waals surface area contributed by atoms with Gasteiger partial charge in [0.05, 0.1) is 6.42 Å². The number of hydrogen-bond donors (Lipinski definition) is 2. The zero-order valence-electron chi connectivity index (χ0n) is 8.62. The Morgan fingerprint density at radius 1 is 1.46 bits per heavy atom. The maximum absolute atomic E-state index is 10.4. The quantitative estimate of drug-likeness (QED) is 0.640. The minimum absolute atomic E-state index is 0.0994. The molecule has 3 heteroatoms. The molecule has 0 heterocycles. The van der Waals surface area contributed by atoms with E-state index in [0.29, 0.717) is 5.92 Å². The Morgan fingerprint density at radius 3 is 2.46 bits per heavy atom. The van der Waals surface area contributed by atoms with Gasteiger partial charge in [-0.15, -0.1) is 0 Å². The van der Waals surface area contributed by atoms with Gasteiger partial charge in [-0.1, -0.05) is 33.1 Å². The fraction of sp³-hybridized carbons (Fsp3) is 0.900. The van der Waals surface area contributed by atoms with Crippen molar-refractivity contribution in [2.24, 2.45) is 11.7 Å². The van der Waals surface area contributed by atoms with E-state index in [1.54, 1.807) is 0 Å². The molecule has 0 amide bonds. The molecule has 0 aliphatic rings. The lowest BCUT2D eigenvalue weighted by Crippen LogP contribution is -2.32. The van der Waals surface area contributed by atoms with Crippen LogP contribution in [0.4, 0.5) is 0 Å². The molecule has 0 fully saturated rings. The minimum Gasteiger partial charge on any atom is -0.481 e. The fourth-order valence-corrected chi connectivity index (χ4v) is 1.56. The van der Waals surface area contributed by atoms with E-state index >= 15 is 0 Å². The number of hydrogen-bond acceptors (Lipinski definition) is 2. The second kappa shape index (κ2) is 6.89. The molecule has 0 radical (unpaired) electrons. The zero-order valence-corrected chi connectivity index (χ0v) is 8.62. The van der Waals surface area contributed by atoms with Gasteiger partial charge in [0.2, 0.25) is 0 Å². The lowest BCUT2D eigenvalue weighted by molar-refractivity contribution is -0.137. The molecule has 0 aliphatic heterocycles. The third kappa shape index (κ3) is 5.64. The summed E-state index contributed by atoms with van der Waals surface area (Å²) in [6.07, 6.45) is 4.43. The number of rotatable bonds is 7. The van der Waals surface area contributed by atoms with Gasteiger partial charge in [-0.2, -0.15) is 0 Å². The van der Waals surface area contributed by atoms with Gasteiger partial charge >= 0.3 is 5.97 Å². The average molecular weight is 187 g/mol. The molecular weight excluding hydrogens is 166 g/mol. The smallest absolute Gasteiger partial charge is 0.304 e. The maximum Gasteiger partial charge on any atom is 0.304 e. The van der Waals surface area contributed by atoms with Crippen molar-refractivity contribution >= 4 is 5.97 Å². The highest BCUT2D eigenvalue weighted by Gasteiger charge is 2.17. The fourth-order valence-electron chi connectivity index (χ4n) is 1.56. The van der Waals surface area contributed by atoms with Crippen molar-refractivity contribution in [3.05, 3.63) is 0 Å². The summed E-state index contributed by atoms with van der Waals surface area (Å²) in [6.45, 7) is 4.21. The van der Waals surface area contributed by atoms with Crippen molar-refractivity contribution in [1.82, 2.24) is 0 Å². The number of aliphatic carboxylic acids is 1. The minimum atomic E-state index is -0.789. The average Bonchev–Trinajstić information content (AvgIpc) is 2.04. The summed E-state index contributed by atoms with van der Waals surface area (Å²) in [7, 11) is 0. The summed E-state index contributed by atoms with van der Waals surface area (Å²) in [5.74, 6) is -0.418. The molecule has 2 atom stereocenters. The first-order chi connectivity index (χ1) is 6.11. The van der Waals surface area contributed by atoms with Gasteiger partial charge in [0.15, 0.2) is 0 Å². The maximum atomic E-state index is 10.4. The van der Waals surface area contributed by atoms with Gasteiger partial charge in [0, 0.05) is 6.04 Å². The second-order valence-electron chi connectivity index (χ2n) is 3.57. The molecule has 13 heavy (non-hydrogen) atoms. The predicted molar refractivity (Wildman–Crippen MR) is 53.5 cm³/mol. The van der Waals surface area contributed by atoms with Crippen molar-refractivity contribution in [2.45, 2.75) is 52.0 Å². The van der Waals surface area contributed by atoms with Crippen molar-refractivity contribution < 1.29 is 9.90 Å². The summed E-state index contributed by atoms with van der Waals surface area (Å²) < 4.78 is 0. The molecule has 0 spiro atoms. The molecule has 78 valence electrons. The van der Waals surface area contributed by atoms with Crippen LogP contribution in [0.15, 0.2) is 0 Å². The van der Waals surface area contributed by atoms with Crippen LogP contribution in [0.25, 0.3) is 0 Å². The number of carboxylic acids is 1. The number of carboxylic acid groups (broad SMARTS) is 1. The van der Waals surface area contributed by atoms with E-state index in [4.69, 9.17) is 10.8 Å². The third-order valence-electron chi connectivity index (χ3n) is 2.47. The zero-order chi connectivity index (χ0) is 10.3. The molecule has 0 aromatic rings. The van der Waals surface area contributed by atoms with Crippen LogP contribution in [0.1, 0.15) is 46.0 Å². The Kier molecular flexibility index (Phi) is 6.59. The normalized spacial score (nSPS) is 15.3. The van der Waals surface area contributed by atoms with E-state index in [-0.39, 0.29) is 12.5 Å². The van der Waals surface area contributed by atoms with E-state index in [9.17, 15) is 4.79 Å². The van der Waals surface area contributed by atoms with Crippen LogP contribution < -0.4 is 5.73 Å². The molecular formula is C10H21NO2. The van der Waals surface area contributed by atoms with Crippen molar-refractivity contribution in [1.29, 1.82) is 0 Å². The Hall–Kier alpha value is -0.570. The topological polar surface area (TPSA) is 63.3 Å². The lowest BCUT2D eigenvalue weighted by Gasteiger charge is -2.20. The molecule has 0 saturated carbocycles. The van der Waals surface area contributed by atoms with E-state index in [1.807, 2.05) is 0 Å². The Labute approximate surface area is 80.3 Å². The molecule has 0 rings (SSSR count). The second-order valence-corrected chi connectivity index (χ2v) is 3.57. The molecule has 3 nitrogen and oxygen atoms in total. The standard InChI is InChI=1S/C10H21NO2/c1-3-5-6-8(4-2)9(11)7-10(12)13/h8-9H,3-7,11H2,1-2H3,(H,12,13)/t8-,9+/m0/s1. The molecule has 0 unspecified atom stereocenters. The molecule has 0 bridgehead atoms. The van der Waals surface area contributed by atoms with E-state index in [1.165, 1.54) is 0 Å². The van der Waals surface area contributed by atoms with Crippen LogP contribution in [0.3, 0.4) is 0 Å². The van der Waals surface area contributed by atoms with Gasteiger partial charge in [-0.05, 0) is 12.3 Å². The summed E-state index contributed by atoms with van der Waals surface area (Å²) in [5, 5.41) is 8.57. The van der Waals surface area contributed by atoms with Crippen LogP contribution in [0.2, 0.25) is 0 Å².